The van der Waals surface area contributed by atoms with E-state index >= 15 is 0 Å². The summed E-state index contributed by atoms with van der Waals surface area (Å²) in [5, 5.41) is 47.2. The maximum Gasteiger partial charge on any atom is 0.303 e. The molecule has 1 aromatic rings. The number of hydrogen-bond donors (Lipinski definition) is 12. The Balaban J connectivity index is 2.13. The van der Waals surface area contributed by atoms with Crippen LogP contribution in [0.3, 0.4) is 0 Å². The molecule has 25 heteroatoms. The van der Waals surface area contributed by atoms with Crippen molar-refractivity contribution in [1.29, 1.82) is 0 Å². The van der Waals surface area contributed by atoms with Crippen LogP contribution in [0.25, 0.3) is 0 Å². The first-order valence-corrected chi connectivity index (χ1v) is 24.7. The van der Waals surface area contributed by atoms with Gasteiger partial charge >= 0.3 is 11.9 Å². The van der Waals surface area contributed by atoms with Crippen LogP contribution in [0.5, 0.6) is 5.75 Å². The zero-order chi connectivity index (χ0) is 52.1. The van der Waals surface area contributed by atoms with Gasteiger partial charge in [0.05, 0.1) is 12.2 Å². The third-order valence-corrected chi connectivity index (χ3v) is 13.0. The minimum Gasteiger partial charge on any atom is -0.508 e. The van der Waals surface area contributed by atoms with Gasteiger partial charge in [0.1, 0.15) is 47.3 Å². The van der Waals surface area contributed by atoms with Gasteiger partial charge in [-0.2, -0.15) is 0 Å². The second-order valence-corrected chi connectivity index (χ2v) is 19.6. The maximum atomic E-state index is 14.7. The van der Waals surface area contributed by atoms with E-state index in [-0.39, 0.29) is 94.4 Å². The smallest absolute Gasteiger partial charge is 0.303 e. The van der Waals surface area contributed by atoms with Crippen LogP contribution in [-0.2, 0) is 76.4 Å². The second kappa shape index (κ2) is 28.1. The topological polar surface area (TPSA) is 402 Å². The minimum atomic E-state index is -2.15. The number of carbonyl (C=O) groups is 11. The van der Waals surface area contributed by atoms with E-state index < -0.39 is 136 Å². The normalized spacial score (nSPS) is 24.1. The average Bonchev–Trinajstić information content (AvgIpc) is 3.27. The van der Waals surface area contributed by atoms with E-state index in [0.717, 1.165) is 0 Å². The van der Waals surface area contributed by atoms with E-state index in [2.05, 4.69) is 37.2 Å². The fourth-order valence-electron chi connectivity index (χ4n) is 8.05. The molecule has 1 saturated heterocycles. The lowest BCUT2D eigenvalue weighted by atomic mass is 9.80. The van der Waals surface area contributed by atoms with Gasteiger partial charge in [0.25, 0.3) is 0 Å². The summed E-state index contributed by atoms with van der Waals surface area (Å²) in [4.78, 5) is 144. The summed E-state index contributed by atoms with van der Waals surface area (Å²) in [7, 11) is -2.15. The van der Waals surface area contributed by atoms with Gasteiger partial charge < -0.3 is 64.0 Å². The van der Waals surface area contributed by atoms with Gasteiger partial charge in [0.2, 0.25) is 53.2 Å². The molecule has 2 fully saturated rings. The van der Waals surface area contributed by atoms with Gasteiger partial charge in [-0.05, 0) is 74.5 Å². The number of aryl methyl sites for hydroxylation is 1. The number of aliphatic carboxylic acids is 2. The Morgan fingerprint density at radius 2 is 1.41 bits per heavy atom. The number of carbonyl (C=O) groups excluding carboxylic acids is 9. The van der Waals surface area contributed by atoms with Crippen LogP contribution < -0.4 is 48.7 Å². The molecule has 0 aromatic heterocycles. The first-order valence-electron chi connectivity index (χ1n) is 23.3. The van der Waals surface area contributed by atoms with Crippen molar-refractivity contribution < 1.29 is 72.3 Å². The number of nitrogens with two attached hydrogens (primary N) is 2. The second-order valence-electron chi connectivity index (χ2n) is 18.1. The molecule has 0 bridgehead atoms. The molecule has 1 aliphatic heterocycles. The molecule has 70 heavy (non-hydrogen) atoms. The number of phenolic OH excluding ortho intramolecular Hbond substituents is 1. The summed E-state index contributed by atoms with van der Waals surface area (Å²) >= 11 is 0. The van der Waals surface area contributed by atoms with Gasteiger partial charge in [-0.25, -0.2) is 0 Å². The minimum absolute atomic E-state index is 0.0410. The highest BCUT2D eigenvalue weighted by Crippen LogP contribution is 2.30. The number of aromatic hydroxyl groups is 1. The third-order valence-electron chi connectivity index (χ3n) is 11.7. The molecule has 1 heterocycles. The average molecular weight is 1010 g/mol. The summed E-state index contributed by atoms with van der Waals surface area (Å²) in [5.74, 6) is -12.2. The Labute approximate surface area is 407 Å². The molecular formula is C45H67N9O15S. The zero-order valence-electron chi connectivity index (χ0n) is 39.4. The van der Waals surface area contributed by atoms with E-state index in [1.54, 1.807) is 13.8 Å². The van der Waals surface area contributed by atoms with Crippen LogP contribution >= 0.6 is 0 Å². The Bertz CT molecular complexity index is 2130. The van der Waals surface area contributed by atoms with E-state index in [9.17, 15) is 72.3 Å². The van der Waals surface area contributed by atoms with E-state index in [4.69, 9.17) is 11.5 Å². The van der Waals surface area contributed by atoms with Crippen LogP contribution in [0.1, 0.15) is 115 Å². The largest absolute Gasteiger partial charge is 0.508 e. The Kier molecular flexibility index (Phi) is 23.2. The fourth-order valence-corrected chi connectivity index (χ4v) is 9.17. The standard InChI is InChI=1S/C45H67N9O15S/c1-25(2)19-29-42(66)52-30(21-26-12-14-33(55)27(20-26)13-15-38(61)62)43(67)54-45(16-5-3-6-17-45)44(68)53-31(22-34(46)56)40(64)48-18-7-4-10-35(57)50-32(39(47)63)23-70(69)24-36(58)49-28(41(65)51-29)9-8-11-37(59)60/h12,14,20,25,28-32,55H,3-11,13,15-19,21-24H2,1-2H3,(H2,46,56)(H2,47,63)(H,48,64)(H,49,58)(H,50,57)(H,51,65)(H,52,66)(H,53,68)(H,54,67)(H,59,60)(H,61,62). The van der Waals surface area contributed by atoms with Crippen LogP contribution in [0, 0.1) is 5.92 Å². The van der Waals surface area contributed by atoms with Gasteiger partial charge in [0.15, 0.2) is 0 Å². The highest BCUT2D eigenvalue weighted by Gasteiger charge is 2.44. The molecule has 388 valence electrons. The number of phenols is 1. The first-order chi connectivity index (χ1) is 33.0. The summed E-state index contributed by atoms with van der Waals surface area (Å²) in [6, 6.07) is -3.21. The number of hydrogen-bond acceptors (Lipinski definition) is 13. The lowest BCUT2D eigenvalue weighted by Crippen LogP contribution is -2.66. The molecule has 6 atom stereocenters. The molecule has 3 rings (SSSR count). The van der Waals surface area contributed by atoms with Crippen molar-refractivity contribution in [1.82, 2.24) is 37.2 Å². The first kappa shape index (κ1) is 57.7. The van der Waals surface area contributed by atoms with Crippen LogP contribution in [-0.4, -0.2) is 138 Å². The molecule has 6 unspecified atom stereocenters. The lowest BCUT2D eigenvalue weighted by Gasteiger charge is -2.38. The molecule has 1 saturated carbocycles. The number of carboxylic acids is 2. The Morgan fingerprint density at radius 3 is 2.04 bits per heavy atom. The van der Waals surface area contributed by atoms with Crippen molar-refractivity contribution in [2.45, 2.75) is 152 Å². The maximum absolute atomic E-state index is 14.7. The zero-order valence-corrected chi connectivity index (χ0v) is 40.3. The van der Waals surface area contributed by atoms with Crippen LogP contribution in [0.4, 0.5) is 0 Å². The number of primary amides is 2. The Hall–Kier alpha value is -6.66. The van der Waals surface area contributed by atoms with Crippen molar-refractivity contribution in [3.63, 3.8) is 0 Å². The molecule has 24 nitrogen and oxygen atoms in total. The van der Waals surface area contributed by atoms with Gasteiger partial charge in [-0.15, -0.1) is 0 Å². The third kappa shape index (κ3) is 19.7. The van der Waals surface area contributed by atoms with Crippen molar-refractivity contribution in [3.05, 3.63) is 29.3 Å². The van der Waals surface area contributed by atoms with E-state index in [1.165, 1.54) is 18.2 Å². The van der Waals surface area contributed by atoms with Crippen LogP contribution in [0.2, 0.25) is 0 Å². The molecular weight excluding hydrogens is 939 g/mol. The quantitative estimate of drug-likeness (QED) is 0.0951. The number of nitrogens with one attached hydrogen (secondary N) is 7. The van der Waals surface area contributed by atoms with E-state index in [0.29, 0.717) is 24.8 Å². The molecule has 0 radical (unpaired) electrons. The monoisotopic (exact) mass is 1010 g/mol. The number of carboxylic acid groups (broad SMARTS) is 2. The number of benzene rings is 1. The highest BCUT2D eigenvalue weighted by molar-refractivity contribution is 7.85. The highest BCUT2D eigenvalue weighted by atomic mass is 32.2. The lowest BCUT2D eigenvalue weighted by molar-refractivity contribution is -0.139. The van der Waals surface area contributed by atoms with Crippen molar-refractivity contribution in [2.75, 3.05) is 18.1 Å². The summed E-state index contributed by atoms with van der Waals surface area (Å²) in [6.07, 6.45) is -0.325. The van der Waals surface area contributed by atoms with Gasteiger partial charge in [-0.1, -0.05) is 45.2 Å². The predicted octanol–water partition coefficient (Wildman–Crippen LogP) is -2.09. The van der Waals surface area contributed by atoms with Crippen molar-refractivity contribution in [3.8, 4) is 5.75 Å². The van der Waals surface area contributed by atoms with Crippen molar-refractivity contribution in [2.24, 2.45) is 17.4 Å². The van der Waals surface area contributed by atoms with Gasteiger partial charge in [-0.3, -0.25) is 56.9 Å². The van der Waals surface area contributed by atoms with E-state index in [1.807, 2.05) is 0 Å². The molecule has 1 aliphatic carbocycles. The van der Waals surface area contributed by atoms with Gasteiger partial charge in [0, 0.05) is 43.0 Å². The fraction of sp³-hybridized carbons (Fsp3) is 0.622. The SMILES string of the molecule is CC(C)CC1NC(=O)C(CCCC(=O)O)NC(=O)CS(=O)CC(C(N)=O)NC(=O)CCCCNC(=O)C(CC(N)=O)NC(=O)C2(CCCCC2)NC(=O)C(Cc2ccc(O)c(CCC(=O)O)c2)NC1=O. The predicted molar refractivity (Wildman–Crippen MR) is 250 cm³/mol. The summed E-state index contributed by atoms with van der Waals surface area (Å²) in [5.41, 5.74) is 9.82. The molecule has 2 aliphatic rings. The molecule has 14 N–H and O–H groups in total. The summed E-state index contributed by atoms with van der Waals surface area (Å²) < 4.78 is 13.1. The molecule has 1 spiro atoms. The van der Waals surface area contributed by atoms with Crippen LogP contribution in [0.15, 0.2) is 18.2 Å². The molecule has 1 aromatic carbocycles. The number of amides is 9. The van der Waals surface area contributed by atoms with Crippen molar-refractivity contribution >= 4 is 75.9 Å². The molecule has 9 amide bonds. The Morgan fingerprint density at radius 1 is 0.757 bits per heavy atom. The number of rotatable bonds is 14. The summed E-state index contributed by atoms with van der Waals surface area (Å²) in [6.45, 7) is 3.42.